The molecule has 1 aliphatic rings. The van der Waals surface area contributed by atoms with Crippen LogP contribution in [0.5, 0.6) is 11.5 Å². The van der Waals surface area contributed by atoms with Crippen LogP contribution in [0.1, 0.15) is 11.1 Å². The van der Waals surface area contributed by atoms with Crippen LogP contribution in [0.15, 0.2) is 71.6 Å². The average Bonchev–Trinajstić information content (AvgIpc) is 3.11. The number of benzene rings is 3. The Balaban J connectivity index is 1.49. The molecule has 0 unspecified atom stereocenters. The maximum atomic E-state index is 13.0. The number of halogens is 4. The van der Waals surface area contributed by atoms with Gasteiger partial charge >= 0.3 is 11.9 Å². The molecule has 3 aromatic carbocycles. The third kappa shape index (κ3) is 6.75. The number of nitrogens with zero attached hydrogens (tertiary/aromatic N) is 2. The van der Waals surface area contributed by atoms with E-state index in [1.54, 1.807) is 24.3 Å². The summed E-state index contributed by atoms with van der Waals surface area (Å²) in [5.41, 5.74) is -1.34. The van der Waals surface area contributed by atoms with Crippen molar-refractivity contribution in [3.8, 4) is 11.5 Å². The highest BCUT2D eigenvalue weighted by Gasteiger charge is 2.36. The molecule has 14 heteroatoms. The highest BCUT2D eigenvalue weighted by atomic mass is 35.5. The quantitative estimate of drug-likeness (QED) is 0.188. The fourth-order valence-electron chi connectivity index (χ4n) is 3.42. The van der Waals surface area contributed by atoms with Crippen molar-refractivity contribution in [2.45, 2.75) is 6.18 Å². The SMILES string of the molecule is O=C(CN1C(=O)S/C(=C/c2cccc(Oc3ccc(C(F)(F)F)cc3[N+](=O)[O-])c2)C1=O)Nc1cccc(Cl)c1. The molecule has 0 saturated carbocycles. The minimum absolute atomic E-state index is 0.00761. The highest BCUT2D eigenvalue weighted by Crippen LogP contribution is 2.38. The van der Waals surface area contributed by atoms with Gasteiger partial charge in [-0.25, -0.2) is 0 Å². The number of hydrogen-bond donors (Lipinski definition) is 1. The Morgan fingerprint density at radius 2 is 1.85 bits per heavy atom. The topological polar surface area (TPSA) is 119 Å². The normalized spacial score (nSPS) is 14.6. The van der Waals surface area contributed by atoms with E-state index in [2.05, 4.69) is 5.32 Å². The lowest BCUT2D eigenvalue weighted by Crippen LogP contribution is -2.36. The number of nitro benzene ring substituents is 1. The maximum Gasteiger partial charge on any atom is 0.416 e. The molecule has 39 heavy (non-hydrogen) atoms. The molecule has 4 rings (SSSR count). The van der Waals surface area contributed by atoms with Gasteiger partial charge in [0.15, 0.2) is 0 Å². The first-order valence-electron chi connectivity index (χ1n) is 10.8. The number of amides is 3. The van der Waals surface area contributed by atoms with Gasteiger partial charge in [0.1, 0.15) is 12.3 Å². The van der Waals surface area contributed by atoms with Gasteiger partial charge in [-0.2, -0.15) is 13.2 Å². The number of carbonyl (C=O) groups excluding carboxylic acids is 3. The fraction of sp³-hybridized carbons (Fsp3) is 0.0800. The maximum absolute atomic E-state index is 13.0. The molecular formula is C25H15ClF3N3O6S. The summed E-state index contributed by atoms with van der Waals surface area (Å²) in [6.45, 7) is -0.532. The second-order valence-electron chi connectivity index (χ2n) is 7.94. The molecule has 0 radical (unpaired) electrons. The third-order valence-corrected chi connectivity index (χ3v) is 6.29. The van der Waals surface area contributed by atoms with Crippen molar-refractivity contribution in [1.29, 1.82) is 0 Å². The van der Waals surface area contributed by atoms with Crippen LogP contribution < -0.4 is 10.1 Å². The Hall–Kier alpha value is -4.36. The molecule has 1 N–H and O–H groups in total. The predicted octanol–water partition coefficient (Wildman–Crippen LogP) is 6.73. The molecule has 3 amide bonds. The zero-order valence-corrected chi connectivity index (χ0v) is 21.0. The number of ether oxygens (including phenoxy) is 1. The van der Waals surface area contributed by atoms with Crippen LogP contribution in [0.2, 0.25) is 5.02 Å². The minimum atomic E-state index is -4.78. The largest absolute Gasteiger partial charge is 0.450 e. The molecule has 0 spiro atoms. The summed E-state index contributed by atoms with van der Waals surface area (Å²) in [6.07, 6.45) is -3.42. The number of thioether (sulfide) groups is 1. The van der Waals surface area contributed by atoms with E-state index in [1.165, 1.54) is 30.3 Å². The van der Waals surface area contributed by atoms with Crippen LogP contribution in [0.3, 0.4) is 0 Å². The van der Waals surface area contributed by atoms with E-state index in [-0.39, 0.29) is 10.7 Å². The summed E-state index contributed by atoms with van der Waals surface area (Å²) >= 11 is 6.49. The number of alkyl halides is 3. The number of rotatable bonds is 7. The molecule has 0 atom stereocenters. The Kier molecular flexibility index (Phi) is 7.93. The van der Waals surface area contributed by atoms with Crippen LogP contribution >= 0.6 is 23.4 Å². The van der Waals surface area contributed by atoms with E-state index < -0.39 is 51.7 Å². The predicted molar refractivity (Wildman–Crippen MR) is 137 cm³/mol. The van der Waals surface area contributed by atoms with Gasteiger partial charge in [-0.15, -0.1) is 0 Å². The van der Waals surface area contributed by atoms with Crippen LogP contribution in [0.25, 0.3) is 6.08 Å². The number of hydrogen-bond acceptors (Lipinski definition) is 7. The number of carbonyl (C=O) groups is 3. The van der Waals surface area contributed by atoms with Gasteiger partial charge in [0.2, 0.25) is 11.7 Å². The lowest BCUT2D eigenvalue weighted by atomic mass is 10.1. The minimum Gasteiger partial charge on any atom is -0.450 e. The summed E-state index contributed by atoms with van der Waals surface area (Å²) in [5, 5.41) is 13.6. The van der Waals surface area contributed by atoms with Crippen molar-refractivity contribution in [2.75, 3.05) is 11.9 Å². The Bertz CT molecular complexity index is 1530. The second kappa shape index (κ2) is 11.2. The van der Waals surface area contributed by atoms with E-state index in [0.29, 0.717) is 40.2 Å². The number of nitro groups is 1. The summed E-state index contributed by atoms with van der Waals surface area (Å²) < 4.78 is 44.3. The highest BCUT2D eigenvalue weighted by molar-refractivity contribution is 8.18. The Morgan fingerprint density at radius 1 is 1.10 bits per heavy atom. The summed E-state index contributed by atoms with van der Waals surface area (Å²) in [4.78, 5) is 48.6. The van der Waals surface area contributed by atoms with E-state index in [4.69, 9.17) is 16.3 Å². The van der Waals surface area contributed by atoms with E-state index in [1.807, 2.05) is 0 Å². The first-order valence-corrected chi connectivity index (χ1v) is 12.0. The monoisotopic (exact) mass is 577 g/mol. The summed E-state index contributed by atoms with van der Waals surface area (Å²) in [5.74, 6) is -1.71. The molecule has 0 aromatic heterocycles. The smallest absolute Gasteiger partial charge is 0.416 e. The number of nitrogens with one attached hydrogen (secondary N) is 1. The van der Waals surface area contributed by atoms with Crippen molar-refractivity contribution in [1.82, 2.24) is 4.90 Å². The van der Waals surface area contributed by atoms with Crippen LogP contribution in [-0.4, -0.2) is 33.4 Å². The molecule has 1 heterocycles. The molecule has 200 valence electrons. The summed E-state index contributed by atoms with van der Waals surface area (Å²) in [6, 6.07) is 14.0. The molecule has 1 aliphatic heterocycles. The van der Waals surface area contributed by atoms with E-state index in [0.717, 1.165) is 11.0 Å². The van der Waals surface area contributed by atoms with Crippen molar-refractivity contribution in [3.05, 3.63) is 97.9 Å². The molecule has 0 bridgehead atoms. The second-order valence-corrected chi connectivity index (χ2v) is 9.37. The molecule has 0 aliphatic carbocycles. The Morgan fingerprint density at radius 3 is 2.54 bits per heavy atom. The standard InChI is InChI=1S/C25H15ClF3N3O6S/c26-16-4-2-5-17(12-16)30-22(33)13-31-23(34)21(39-24(31)35)10-14-3-1-6-18(9-14)38-20-8-7-15(25(27,28)29)11-19(20)32(36)37/h1-12H,13H2,(H,30,33)/b21-10+. The Labute approximate surface area is 227 Å². The molecule has 9 nitrogen and oxygen atoms in total. The van der Waals surface area contributed by atoms with E-state index in [9.17, 15) is 37.7 Å². The van der Waals surface area contributed by atoms with Crippen LogP contribution in [0.4, 0.5) is 29.3 Å². The van der Waals surface area contributed by atoms with Gasteiger partial charge in [-0.05, 0) is 65.9 Å². The lowest BCUT2D eigenvalue weighted by molar-refractivity contribution is -0.385. The van der Waals surface area contributed by atoms with Gasteiger partial charge in [0.25, 0.3) is 11.1 Å². The summed E-state index contributed by atoms with van der Waals surface area (Å²) in [7, 11) is 0. The van der Waals surface area contributed by atoms with Crippen molar-refractivity contribution < 1.29 is 37.2 Å². The number of imide groups is 1. The molecule has 1 fully saturated rings. The molecular weight excluding hydrogens is 563 g/mol. The zero-order chi connectivity index (χ0) is 28.3. The van der Waals surface area contributed by atoms with Gasteiger partial charge in [0, 0.05) is 16.8 Å². The van der Waals surface area contributed by atoms with Crippen molar-refractivity contribution in [2.24, 2.45) is 0 Å². The van der Waals surface area contributed by atoms with Gasteiger partial charge in [-0.1, -0.05) is 29.8 Å². The third-order valence-electron chi connectivity index (χ3n) is 5.15. The van der Waals surface area contributed by atoms with Crippen LogP contribution in [0, 0.1) is 10.1 Å². The van der Waals surface area contributed by atoms with E-state index >= 15 is 0 Å². The lowest BCUT2D eigenvalue weighted by Gasteiger charge is -2.12. The van der Waals surface area contributed by atoms with Gasteiger partial charge in [0.05, 0.1) is 15.4 Å². The first kappa shape index (κ1) is 27.7. The fourth-order valence-corrected chi connectivity index (χ4v) is 4.44. The molecule has 1 saturated heterocycles. The zero-order valence-electron chi connectivity index (χ0n) is 19.4. The van der Waals surface area contributed by atoms with Crippen LogP contribution in [-0.2, 0) is 15.8 Å². The number of anilines is 1. The van der Waals surface area contributed by atoms with Gasteiger partial charge in [-0.3, -0.25) is 29.4 Å². The molecule has 3 aromatic rings. The van der Waals surface area contributed by atoms with Gasteiger partial charge < -0.3 is 10.1 Å². The average molecular weight is 578 g/mol. The van der Waals surface area contributed by atoms with Crippen molar-refractivity contribution in [3.63, 3.8) is 0 Å². The van der Waals surface area contributed by atoms with Crippen molar-refractivity contribution >= 4 is 57.9 Å². The first-order chi connectivity index (χ1) is 18.4.